The zero-order valence-electron chi connectivity index (χ0n) is 7.76. The van der Waals surface area contributed by atoms with E-state index in [4.69, 9.17) is 5.73 Å². The van der Waals surface area contributed by atoms with E-state index in [0.717, 1.165) is 12.1 Å². The second-order valence-corrected chi connectivity index (χ2v) is 3.20. The molecular formula is C10H11F2NO. The molecule has 0 aromatic heterocycles. The highest BCUT2D eigenvalue weighted by molar-refractivity contribution is 5.96. The Labute approximate surface area is 80.7 Å². The van der Waals surface area contributed by atoms with E-state index < -0.39 is 29.0 Å². The third-order valence-corrected chi connectivity index (χ3v) is 1.75. The molecule has 4 heteroatoms. The zero-order chi connectivity index (χ0) is 10.7. The molecule has 0 spiro atoms. The van der Waals surface area contributed by atoms with Gasteiger partial charge in [0.15, 0.2) is 5.78 Å². The quantitative estimate of drug-likeness (QED) is 0.755. The molecule has 2 N–H and O–H groups in total. The van der Waals surface area contributed by atoms with Crippen LogP contribution in [0.1, 0.15) is 23.7 Å². The summed E-state index contributed by atoms with van der Waals surface area (Å²) in [5.41, 5.74) is 4.87. The molecule has 1 atom stereocenters. The first-order chi connectivity index (χ1) is 6.52. The van der Waals surface area contributed by atoms with Gasteiger partial charge < -0.3 is 5.73 Å². The Hall–Kier alpha value is -1.29. The molecule has 1 unspecified atom stereocenters. The zero-order valence-corrected chi connectivity index (χ0v) is 7.76. The lowest BCUT2D eigenvalue weighted by Gasteiger charge is -2.05. The number of halogens is 2. The largest absolute Gasteiger partial charge is 0.328 e. The van der Waals surface area contributed by atoms with Crippen molar-refractivity contribution in [3.05, 3.63) is 35.4 Å². The van der Waals surface area contributed by atoms with Crippen LogP contribution < -0.4 is 5.73 Å². The predicted molar refractivity (Wildman–Crippen MR) is 49.0 cm³/mol. The fraction of sp³-hybridized carbons (Fsp3) is 0.300. The average Bonchev–Trinajstić information content (AvgIpc) is 2.01. The number of rotatable bonds is 3. The number of carbonyl (C=O) groups excluding carboxylic acids is 1. The monoisotopic (exact) mass is 199 g/mol. The Morgan fingerprint density at radius 2 is 1.93 bits per heavy atom. The molecule has 0 fully saturated rings. The SMILES string of the molecule is CC(N)CC(=O)c1c(F)cccc1F. The van der Waals surface area contributed by atoms with Crippen molar-refractivity contribution in [2.45, 2.75) is 19.4 Å². The fourth-order valence-electron chi connectivity index (χ4n) is 1.16. The van der Waals surface area contributed by atoms with Crippen molar-refractivity contribution in [3.63, 3.8) is 0 Å². The fourth-order valence-corrected chi connectivity index (χ4v) is 1.16. The number of hydrogen-bond donors (Lipinski definition) is 1. The molecule has 0 saturated heterocycles. The van der Waals surface area contributed by atoms with Crippen LogP contribution in [0.15, 0.2) is 18.2 Å². The molecule has 0 amide bonds. The lowest BCUT2D eigenvalue weighted by atomic mass is 10.0. The number of Topliss-reactive ketones (excluding diaryl/α,β-unsaturated/α-hetero) is 1. The van der Waals surface area contributed by atoms with Crippen LogP contribution in [0.5, 0.6) is 0 Å². The maximum Gasteiger partial charge on any atom is 0.170 e. The molecule has 76 valence electrons. The first kappa shape index (κ1) is 10.8. The van der Waals surface area contributed by atoms with Gasteiger partial charge in [0, 0.05) is 12.5 Å². The van der Waals surface area contributed by atoms with Crippen LogP contribution in [-0.2, 0) is 0 Å². The molecule has 0 aliphatic carbocycles. The van der Waals surface area contributed by atoms with Crippen molar-refractivity contribution in [1.29, 1.82) is 0 Å². The van der Waals surface area contributed by atoms with Gasteiger partial charge in [-0.3, -0.25) is 4.79 Å². The highest BCUT2D eigenvalue weighted by Gasteiger charge is 2.17. The third-order valence-electron chi connectivity index (χ3n) is 1.75. The predicted octanol–water partition coefficient (Wildman–Crippen LogP) is 1.88. The van der Waals surface area contributed by atoms with Crippen LogP contribution in [0, 0.1) is 11.6 Å². The Morgan fingerprint density at radius 3 is 2.36 bits per heavy atom. The second-order valence-electron chi connectivity index (χ2n) is 3.20. The van der Waals surface area contributed by atoms with E-state index >= 15 is 0 Å². The minimum Gasteiger partial charge on any atom is -0.328 e. The van der Waals surface area contributed by atoms with E-state index in [1.165, 1.54) is 6.07 Å². The van der Waals surface area contributed by atoms with Gasteiger partial charge in [-0.15, -0.1) is 0 Å². The van der Waals surface area contributed by atoms with Gasteiger partial charge in [-0.1, -0.05) is 6.07 Å². The van der Waals surface area contributed by atoms with Crippen molar-refractivity contribution < 1.29 is 13.6 Å². The summed E-state index contributed by atoms with van der Waals surface area (Å²) in [6.45, 7) is 1.61. The van der Waals surface area contributed by atoms with Gasteiger partial charge in [0.1, 0.15) is 11.6 Å². The second kappa shape index (κ2) is 4.28. The molecule has 1 rings (SSSR count). The van der Waals surface area contributed by atoms with Gasteiger partial charge in [0.05, 0.1) is 5.56 Å². The number of ketones is 1. The van der Waals surface area contributed by atoms with Crippen LogP contribution in [0.2, 0.25) is 0 Å². The minimum absolute atomic E-state index is 0.0577. The average molecular weight is 199 g/mol. The molecular weight excluding hydrogens is 188 g/mol. The molecule has 0 bridgehead atoms. The van der Waals surface area contributed by atoms with E-state index in [0.29, 0.717) is 0 Å². The van der Waals surface area contributed by atoms with Gasteiger partial charge in [-0.25, -0.2) is 8.78 Å². The summed E-state index contributed by atoms with van der Waals surface area (Å²) in [6, 6.07) is 2.92. The Kier molecular flexibility index (Phi) is 3.30. The Morgan fingerprint density at radius 1 is 1.43 bits per heavy atom. The molecule has 0 aliphatic rings. The van der Waals surface area contributed by atoms with Gasteiger partial charge in [-0.05, 0) is 19.1 Å². The summed E-state index contributed by atoms with van der Waals surface area (Å²) in [6.07, 6.45) is -0.0577. The molecule has 0 radical (unpaired) electrons. The van der Waals surface area contributed by atoms with Crippen molar-refractivity contribution in [3.8, 4) is 0 Å². The van der Waals surface area contributed by atoms with Crippen molar-refractivity contribution in [2.24, 2.45) is 5.73 Å². The smallest absolute Gasteiger partial charge is 0.170 e. The van der Waals surface area contributed by atoms with E-state index in [9.17, 15) is 13.6 Å². The minimum atomic E-state index is -0.837. The maximum atomic E-state index is 13.0. The van der Waals surface area contributed by atoms with E-state index in [1.807, 2.05) is 0 Å². The maximum absolute atomic E-state index is 13.0. The first-order valence-corrected chi connectivity index (χ1v) is 4.25. The molecule has 0 heterocycles. The molecule has 0 aliphatic heterocycles. The highest BCUT2D eigenvalue weighted by Crippen LogP contribution is 2.14. The molecule has 1 aromatic rings. The summed E-state index contributed by atoms with van der Waals surface area (Å²) in [5, 5.41) is 0. The highest BCUT2D eigenvalue weighted by atomic mass is 19.1. The summed E-state index contributed by atoms with van der Waals surface area (Å²) < 4.78 is 26.1. The first-order valence-electron chi connectivity index (χ1n) is 4.25. The standard InChI is InChI=1S/C10H11F2NO/c1-6(13)5-9(14)10-7(11)3-2-4-8(10)12/h2-4,6H,5,13H2,1H3. The van der Waals surface area contributed by atoms with Gasteiger partial charge in [0.2, 0.25) is 0 Å². The summed E-state index contributed by atoms with van der Waals surface area (Å²) in [7, 11) is 0. The van der Waals surface area contributed by atoms with E-state index in [1.54, 1.807) is 6.92 Å². The van der Waals surface area contributed by atoms with Crippen molar-refractivity contribution >= 4 is 5.78 Å². The van der Waals surface area contributed by atoms with Gasteiger partial charge >= 0.3 is 0 Å². The van der Waals surface area contributed by atoms with E-state index in [2.05, 4.69) is 0 Å². The summed E-state index contributed by atoms with van der Waals surface area (Å²) in [4.78, 5) is 11.3. The number of hydrogen-bond acceptors (Lipinski definition) is 2. The topological polar surface area (TPSA) is 43.1 Å². The summed E-state index contributed by atoms with van der Waals surface area (Å²) >= 11 is 0. The van der Waals surface area contributed by atoms with Crippen LogP contribution in [0.3, 0.4) is 0 Å². The molecule has 0 saturated carbocycles. The van der Waals surface area contributed by atoms with Gasteiger partial charge in [-0.2, -0.15) is 0 Å². The van der Waals surface area contributed by atoms with Crippen LogP contribution >= 0.6 is 0 Å². The lowest BCUT2D eigenvalue weighted by Crippen LogP contribution is -2.21. The number of carbonyl (C=O) groups is 1. The lowest BCUT2D eigenvalue weighted by molar-refractivity contribution is 0.0968. The molecule has 14 heavy (non-hydrogen) atoms. The summed E-state index contributed by atoms with van der Waals surface area (Å²) in [5.74, 6) is -2.28. The molecule has 1 aromatic carbocycles. The Bertz CT molecular complexity index is 330. The van der Waals surface area contributed by atoms with Crippen LogP contribution in [0.25, 0.3) is 0 Å². The van der Waals surface area contributed by atoms with Crippen molar-refractivity contribution in [1.82, 2.24) is 0 Å². The van der Waals surface area contributed by atoms with E-state index in [-0.39, 0.29) is 6.42 Å². The number of nitrogens with two attached hydrogens (primary N) is 1. The van der Waals surface area contributed by atoms with Crippen LogP contribution in [0.4, 0.5) is 8.78 Å². The van der Waals surface area contributed by atoms with Crippen LogP contribution in [-0.4, -0.2) is 11.8 Å². The normalized spacial score (nSPS) is 12.6. The molecule has 2 nitrogen and oxygen atoms in total. The third kappa shape index (κ3) is 2.35. The van der Waals surface area contributed by atoms with Crippen molar-refractivity contribution in [2.75, 3.05) is 0 Å². The Balaban J connectivity index is 3.00. The van der Waals surface area contributed by atoms with Gasteiger partial charge in [0.25, 0.3) is 0 Å². The number of benzene rings is 1.